The summed E-state index contributed by atoms with van der Waals surface area (Å²) in [7, 11) is 3.84. The quantitative estimate of drug-likeness (QED) is 0.663. The van der Waals surface area contributed by atoms with Gasteiger partial charge >= 0.3 is 0 Å². The second-order valence-corrected chi connectivity index (χ2v) is 7.76. The monoisotopic (exact) mass is 395 g/mol. The number of hydrogen-bond acceptors (Lipinski definition) is 4. The Balaban J connectivity index is 1.31. The van der Waals surface area contributed by atoms with E-state index in [0.717, 1.165) is 63.3 Å². The first-order chi connectivity index (χ1) is 14.1. The van der Waals surface area contributed by atoms with Crippen LogP contribution in [-0.4, -0.2) is 57.7 Å². The Morgan fingerprint density at radius 3 is 2.21 bits per heavy atom. The molecule has 5 nitrogen and oxygen atoms in total. The summed E-state index contributed by atoms with van der Waals surface area (Å²) in [5.41, 5.74) is 3.80. The molecule has 1 saturated heterocycles. The number of anilines is 1. The Morgan fingerprint density at radius 2 is 1.55 bits per heavy atom. The molecule has 2 aromatic carbocycles. The molecular formula is C24H33N3O2. The molecule has 0 aromatic heterocycles. The normalized spacial score (nSPS) is 14.6. The van der Waals surface area contributed by atoms with Crippen molar-refractivity contribution >= 4 is 11.6 Å². The van der Waals surface area contributed by atoms with Gasteiger partial charge in [0.05, 0.1) is 7.11 Å². The van der Waals surface area contributed by atoms with E-state index in [4.69, 9.17) is 4.74 Å². The maximum absolute atomic E-state index is 12.0. The van der Waals surface area contributed by atoms with Gasteiger partial charge in [-0.15, -0.1) is 0 Å². The minimum absolute atomic E-state index is 0.117. The minimum Gasteiger partial charge on any atom is -0.497 e. The van der Waals surface area contributed by atoms with Crippen LogP contribution in [-0.2, 0) is 17.6 Å². The first-order valence-electron chi connectivity index (χ1n) is 10.6. The van der Waals surface area contributed by atoms with E-state index >= 15 is 0 Å². The summed E-state index contributed by atoms with van der Waals surface area (Å²) in [5.74, 6) is 0.959. The molecule has 29 heavy (non-hydrogen) atoms. The van der Waals surface area contributed by atoms with Crippen LogP contribution in [0.1, 0.15) is 24.0 Å². The van der Waals surface area contributed by atoms with Gasteiger partial charge in [0.25, 0.3) is 0 Å². The zero-order valence-corrected chi connectivity index (χ0v) is 17.7. The van der Waals surface area contributed by atoms with Gasteiger partial charge in [-0.3, -0.25) is 4.79 Å². The SMILES string of the molecule is COc1ccc(CCC(=O)NCCCc2ccc(N3CCN(C)CC3)cc2)cc1. The van der Waals surface area contributed by atoms with Gasteiger partial charge in [0, 0.05) is 44.8 Å². The lowest BCUT2D eigenvalue weighted by Gasteiger charge is -2.34. The molecule has 2 aromatic rings. The summed E-state index contributed by atoms with van der Waals surface area (Å²) >= 11 is 0. The maximum atomic E-state index is 12.0. The predicted molar refractivity (Wildman–Crippen MR) is 119 cm³/mol. The second-order valence-electron chi connectivity index (χ2n) is 7.76. The fourth-order valence-corrected chi connectivity index (χ4v) is 3.60. The van der Waals surface area contributed by atoms with Crippen LogP contribution >= 0.6 is 0 Å². The molecule has 1 aliphatic heterocycles. The molecule has 0 spiro atoms. The maximum Gasteiger partial charge on any atom is 0.220 e. The average Bonchev–Trinajstić information content (AvgIpc) is 2.76. The number of carbonyl (C=O) groups excluding carboxylic acids is 1. The van der Waals surface area contributed by atoms with Gasteiger partial charge in [-0.2, -0.15) is 0 Å². The zero-order chi connectivity index (χ0) is 20.5. The van der Waals surface area contributed by atoms with Gasteiger partial charge in [-0.25, -0.2) is 0 Å². The number of amides is 1. The fraction of sp³-hybridized carbons (Fsp3) is 0.458. The Bertz CT molecular complexity index is 751. The number of piperazine rings is 1. The first-order valence-corrected chi connectivity index (χ1v) is 10.6. The van der Waals surface area contributed by atoms with E-state index < -0.39 is 0 Å². The van der Waals surface area contributed by atoms with Gasteiger partial charge < -0.3 is 19.9 Å². The molecule has 1 amide bonds. The van der Waals surface area contributed by atoms with E-state index in [9.17, 15) is 4.79 Å². The highest BCUT2D eigenvalue weighted by atomic mass is 16.5. The van der Waals surface area contributed by atoms with Crippen molar-refractivity contribution < 1.29 is 9.53 Å². The number of aryl methyl sites for hydroxylation is 2. The summed E-state index contributed by atoms with van der Waals surface area (Å²) in [5, 5.41) is 3.04. The second kappa shape index (κ2) is 10.9. The Morgan fingerprint density at radius 1 is 0.931 bits per heavy atom. The van der Waals surface area contributed by atoms with Gasteiger partial charge in [0.2, 0.25) is 5.91 Å². The highest BCUT2D eigenvalue weighted by molar-refractivity contribution is 5.76. The Hall–Kier alpha value is -2.53. The van der Waals surface area contributed by atoms with Crippen molar-refractivity contribution in [1.82, 2.24) is 10.2 Å². The van der Waals surface area contributed by atoms with Gasteiger partial charge in [0.1, 0.15) is 5.75 Å². The lowest BCUT2D eigenvalue weighted by Crippen LogP contribution is -2.44. The van der Waals surface area contributed by atoms with Crippen LogP contribution < -0.4 is 15.0 Å². The predicted octanol–water partition coefficient (Wildman–Crippen LogP) is 3.13. The van der Waals surface area contributed by atoms with Crippen LogP contribution in [0.4, 0.5) is 5.69 Å². The van der Waals surface area contributed by atoms with E-state index in [-0.39, 0.29) is 5.91 Å². The smallest absolute Gasteiger partial charge is 0.220 e. The molecule has 156 valence electrons. The summed E-state index contributed by atoms with van der Waals surface area (Å²) in [4.78, 5) is 16.9. The third-order valence-electron chi connectivity index (χ3n) is 5.57. The van der Waals surface area contributed by atoms with E-state index in [1.807, 2.05) is 24.3 Å². The van der Waals surface area contributed by atoms with Crippen LogP contribution in [0.5, 0.6) is 5.75 Å². The number of benzene rings is 2. The number of likely N-dealkylation sites (N-methyl/N-ethyl adjacent to an activating group) is 1. The van der Waals surface area contributed by atoms with Crippen molar-refractivity contribution in [3.8, 4) is 5.75 Å². The largest absolute Gasteiger partial charge is 0.497 e. The molecule has 1 aliphatic rings. The Labute approximate surface area is 174 Å². The molecule has 0 aliphatic carbocycles. The molecular weight excluding hydrogens is 362 g/mol. The molecule has 0 radical (unpaired) electrons. The zero-order valence-electron chi connectivity index (χ0n) is 17.7. The molecule has 0 bridgehead atoms. The molecule has 5 heteroatoms. The van der Waals surface area contributed by atoms with Crippen molar-refractivity contribution in [2.45, 2.75) is 25.7 Å². The number of nitrogens with one attached hydrogen (secondary N) is 1. The summed E-state index contributed by atoms with van der Waals surface area (Å²) in [6.45, 7) is 5.16. The van der Waals surface area contributed by atoms with Gasteiger partial charge in [-0.05, 0) is 61.7 Å². The molecule has 1 heterocycles. The van der Waals surface area contributed by atoms with Crippen LogP contribution in [0.25, 0.3) is 0 Å². The lowest BCUT2D eigenvalue weighted by atomic mass is 10.1. The van der Waals surface area contributed by atoms with Gasteiger partial charge in [0.15, 0.2) is 0 Å². The molecule has 1 fully saturated rings. The van der Waals surface area contributed by atoms with Crippen molar-refractivity contribution in [1.29, 1.82) is 0 Å². The molecule has 0 saturated carbocycles. The van der Waals surface area contributed by atoms with Crippen LogP contribution in [0.2, 0.25) is 0 Å². The van der Waals surface area contributed by atoms with Crippen molar-refractivity contribution in [3.05, 3.63) is 59.7 Å². The number of rotatable bonds is 9. The van der Waals surface area contributed by atoms with Crippen molar-refractivity contribution in [2.75, 3.05) is 51.8 Å². The topological polar surface area (TPSA) is 44.8 Å². The number of hydrogen-bond donors (Lipinski definition) is 1. The highest BCUT2D eigenvalue weighted by Gasteiger charge is 2.13. The lowest BCUT2D eigenvalue weighted by molar-refractivity contribution is -0.121. The average molecular weight is 396 g/mol. The summed E-state index contributed by atoms with van der Waals surface area (Å²) in [6, 6.07) is 16.8. The summed E-state index contributed by atoms with van der Waals surface area (Å²) in [6.07, 6.45) is 3.22. The number of carbonyl (C=O) groups is 1. The van der Waals surface area contributed by atoms with Crippen molar-refractivity contribution in [2.24, 2.45) is 0 Å². The first kappa shape index (κ1) is 21.2. The van der Waals surface area contributed by atoms with E-state index in [2.05, 4.69) is 46.4 Å². The Kier molecular flexibility index (Phi) is 7.94. The standard InChI is InChI=1S/C24H33N3O2/c1-26-16-18-27(19-17-26)22-10-5-20(6-11-22)4-3-15-25-24(28)14-9-21-7-12-23(29-2)13-8-21/h5-8,10-13H,3-4,9,14-19H2,1-2H3,(H,25,28). The number of ether oxygens (including phenoxy) is 1. The number of nitrogens with zero attached hydrogens (tertiary/aromatic N) is 2. The molecule has 3 rings (SSSR count). The highest BCUT2D eigenvalue weighted by Crippen LogP contribution is 2.17. The molecule has 0 atom stereocenters. The van der Waals surface area contributed by atoms with Crippen LogP contribution in [0.15, 0.2) is 48.5 Å². The van der Waals surface area contributed by atoms with E-state index in [1.165, 1.54) is 11.3 Å². The number of methoxy groups -OCH3 is 1. The summed E-state index contributed by atoms with van der Waals surface area (Å²) < 4.78 is 5.15. The minimum atomic E-state index is 0.117. The van der Waals surface area contributed by atoms with Crippen LogP contribution in [0.3, 0.4) is 0 Å². The van der Waals surface area contributed by atoms with E-state index in [0.29, 0.717) is 6.42 Å². The third-order valence-corrected chi connectivity index (χ3v) is 5.57. The van der Waals surface area contributed by atoms with E-state index in [1.54, 1.807) is 7.11 Å². The molecule has 0 unspecified atom stereocenters. The van der Waals surface area contributed by atoms with Crippen molar-refractivity contribution in [3.63, 3.8) is 0 Å². The van der Waals surface area contributed by atoms with Gasteiger partial charge in [-0.1, -0.05) is 24.3 Å². The molecule has 1 N–H and O–H groups in total. The third kappa shape index (κ3) is 6.79. The fourth-order valence-electron chi connectivity index (χ4n) is 3.60. The van der Waals surface area contributed by atoms with Crippen LogP contribution in [0, 0.1) is 0 Å².